The smallest absolute Gasteiger partial charge is 0.361 e. The summed E-state index contributed by atoms with van der Waals surface area (Å²) in [4.78, 5) is 23.2. The van der Waals surface area contributed by atoms with Crippen LogP contribution in [0.2, 0.25) is 0 Å². The number of unbranched alkanes of at least 4 members (excludes halogenated alkanes) is 9. The molecule has 0 amide bonds. The molecule has 0 fully saturated rings. The number of ether oxygens (including phenoxy) is 3. The van der Waals surface area contributed by atoms with Crippen LogP contribution in [-0.2, 0) is 23.8 Å². The molecule has 8 nitrogen and oxygen atoms in total. The van der Waals surface area contributed by atoms with Crippen molar-refractivity contribution in [3.8, 4) is 0 Å². The van der Waals surface area contributed by atoms with E-state index in [1.165, 1.54) is 38.5 Å². The second kappa shape index (κ2) is 25.9. The fourth-order valence-electron chi connectivity index (χ4n) is 3.66. The Hall–Kier alpha value is -2.00. The summed E-state index contributed by atoms with van der Waals surface area (Å²) in [7, 11) is 5.90. The Labute approximate surface area is 243 Å². The highest BCUT2D eigenvalue weighted by molar-refractivity contribution is 5.70. The number of quaternary nitrogens is 1. The highest BCUT2D eigenvalue weighted by atomic mass is 16.7. The van der Waals surface area contributed by atoms with Crippen LogP contribution >= 0.6 is 0 Å². The molecule has 2 N–H and O–H groups in total. The topological polar surface area (TPSA) is 102 Å². The van der Waals surface area contributed by atoms with Crippen molar-refractivity contribution in [1.82, 2.24) is 0 Å². The van der Waals surface area contributed by atoms with Crippen LogP contribution in [0, 0.1) is 0 Å². The first-order chi connectivity index (χ1) is 19.2. The van der Waals surface area contributed by atoms with Gasteiger partial charge >= 0.3 is 11.9 Å². The number of carbonyl (C=O) groups excluding carboxylic acids is 1. The van der Waals surface area contributed by atoms with E-state index < -0.39 is 18.4 Å². The lowest BCUT2D eigenvalue weighted by Gasteiger charge is -2.24. The van der Waals surface area contributed by atoms with E-state index in [1.807, 2.05) is 21.1 Å². The lowest BCUT2D eigenvalue weighted by Crippen LogP contribution is -2.40. The lowest BCUT2D eigenvalue weighted by atomic mass is 10.1. The first kappa shape index (κ1) is 38.0. The first-order valence-electron chi connectivity index (χ1n) is 15.2. The van der Waals surface area contributed by atoms with Gasteiger partial charge in [0.25, 0.3) is 6.29 Å². The fourth-order valence-corrected chi connectivity index (χ4v) is 3.66. The van der Waals surface area contributed by atoms with Crippen LogP contribution in [0.5, 0.6) is 0 Å². The van der Waals surface area contributed by atoms with Crippen LogP contribution in [0.3, 0.4) is 0 Å². The molecule has 0 bridgehead atoms. The number of carboxylic acids is 1. The van der Waals surface area contributed by atoms with Gasteiger partial charge < -0.3 is 28.9 Å². The number of esters is 1. The van der Waals surface area contributed by atoms with E-state index in [0.717, 1.165) is 44.9 Å². The number of allylic oxidation sites excluding steroid dienone is 6. The molecule has 0 aliphatic carbocycles. The maximum absolute atomic E-state index is 11.9. The van der Waals surface area contributed by atoms with E-state index >= 15 is 0 Å². The van der Waals surface area contributed by atoms with Gasteiger partial charge in [-0.05, 0) is 44.9 Å². The van der Waals surface area contributed by atoms with Gasteiger partial charge in [-0.25, -0.2) is 4.79 Å². The molecular weight excluding hydrogens is 510 g/mol. The molecule has 0 aliphatic rings. The van der Waals surface area contributed by atoms with Gasteiger partial charge in [-0.2, -0.15) is 0 Å². The summed E-state index contributed by atoms with van der Waals surface area (Å²) in [6.07, 6.45) is 25.8. The van der Waals surface area contributed by atoms with Crippen LogP contribution in [0.25, 0.3) is 0 Å². The highest BCUT2D eigenvalue weighted by Crippen LogP contribution is 2.10. The summed E-state index contributed by atoms with van der Waals surface area (Å²) in [5.41, 5.74) is 0. The SMILES string of the molecule is CCCCC/C=C\C/C=C\C/C=C\CCCCCCCCC(=O)OCC(O)COC(OCC[N+](C)(C)C)C(=O)O. The van der Waals surface area contributed by atoms with E-state index in [2.05, 4.69) is 43.4 Å². The molecule has 2 atom stereocenters. The Balaban J connectivity index is 3.66. The Bertz CT molecular complexity index is 713. The number of aliphatic hydroxyl groups is 1. The molecule has 0 spiro atoms. The van der Waals surface area contributed by atoms with E-state index in [9.17, 15) is 19.8 Å². The Kier molecular flexibility index (Phi) is 24.6. The molecule has 8 heteroatoms. The van der Waals surface area contributed by atoms with Crippen molar-refractivity contribution in [2.75, 3.05) is 47.5 Å². The van der Waals surface area contributed by atoms with Gasteiger partial charge in [0.15, 0.2) is 0 Å². The number of likely N-dealkylation sites (N-methyl/N-ethyl adjacent to an activating group) is 1. The molecule has 0 heterocycles. The number of aliphatic hydroxyl groups excluding tert-OH is 1. The first-order valence-corrected chi connectivity index (χ1v) is 15.2. The molecule has 0 aliphatic heterocycles. The lowest BCUT2D eigenvalue weighted by molar-refractivity contribution is -0.870. The zero-order chi connectivity index (χ0) is 29.9. The minimum absolute atomic E-state index is 0.207. The van der Waals surface area contributed by atoms with E-state index in [-0.39, 0.29) is 25.8 Å². The van der Waals surface area contributed by atoms with Crippen molar-refractivity contribution in [1.29, 1.82) is 0 Å². The predicted molar refractivity (Wildman–Crippen MR) is 161 cm³/mol. The third-order valence-corrected chi connectivity index (χ3v) is 6.13. The average molecular weight is 569 g/mol. The maximum atomic E-state index is 11.9. The molecular formula is C32H58NO7+. The molecule has 0 aromatic heterocycles. The molecule has 2 unspecified atom stereocenters. The van der Waals surface area contributed by atoms with Crippen molar-refractivity contribution in [2.45, 2.75) is 109 Å². The number of nitrogens with zero attached hydrogens (tertiary/aromatic N) is 1. The minimum Gasteiger partial charge on any atom is -0.477 e. The van der Waals surface area contributed by atoms with Gasteiger partial charge in [0.05, 0.1) is 34.4 Å². The third-order valence-electron chi connectivity index (χ3n) is 6.13. The van der Waals surface area contributed by atoms with E-state index in [0.29, 0.717) is 17.4 Å². The summed E-state index contributed by atoms with van der Waals surface area (Å²) in [6, 6.07) is 0. The van der Waals surface area contributed by atoms with Crippen molar-refractivity contribution < 1.29 is 38.5 Å². The molecule has 0 radical (unpaired) electrons. The number of carboxylic acid groups (broad SMARTS) is 1. The van der Waals surface area contributed by atoms with E-state index in [1.54, 1.807) is 0 Å². The van der Waals surface area contributed by atoms with Crippen molar-refractivity contribution in [2.24, 2.45) is 0 Å². The fraction of sp³-hybridized carbons (Fsp3) is 0.750. The molecule has 40 heavy (non-hydrogen) atoms. The second-order valence-corrected chi connectivity index (χ2v) is 11.3. The molecule has 0 saturated heterocycles. The van der Waals surface area contributed by atoms with Crippen LogP contribution in [0.15, 0.2) is 36.5 Å². The van der Waals surface area contributed by atoms with Gasteiger partial charge in [-0.1, -0.05) is 81.9 Å². The molecule has 0 rings (SSSR count). The second-order valence-electron chi connectivity index (χ2n) is 11.3. The zero-order valence-corrected chi connectivity index (χ0v) is 25.7. The van der Waals surface area contributed by atoms with Crippen LogP contribution in [0.4, 0.5) is 0 Å². The monoisotopic (exact) mass is 568 g/mol. The normalized spacial score (nSPS) is 13.9. The van der Waals surface area contributed by atoms with Gasteiger partial charge in [0.2, 0.25) is 0 Å². The molecule has 0 saturated carbocycles. The standard InChI is InChI=1S/C32H57NO7/c1-5-6-7-8-9-10-11-12-13-14-15-16-17-18-19-20-21-22-23-24-30(35)39-27-29(34)28-40-32(31(36)37)38-26-25-33(2,3)4/h9-10,12-13,15-16,29,32,34H,5-8,11,14,17-28H2,1-4H3/p+1/b10-9-,13-12-,16-15-. The number of hydrogen-bond donors (Lipinski definition) is 2. The number of carbonyl (C=O) groups is 2. The predicted octanol–water partition coefficient (Wildman–Crippen LogP) is 6.19. The molecule has 0 aromatic rings. The number of aliphatic carboxylic acids is 1. The number of hydrogen-bond acceptors (Lipinski definition) is 6. The Morgan fingerprint density at radius 2 is 1.30 bits per heavy atom. The summed E-state index contributed by atoms with van der Waals surface area (Å²) in [5.74, 6) is -1.63. The van der Waals surface area contributed by atoms with Crippen molar-refractivity contribution >= 4 is 11.9 Å². The zero-order valence-electron chi connectivity index (χ0n) is 25.7. The van der Waals surface area contributed by atoms with Crippen molar-refractivity contribution in [3.05, 3.63) is 36.5 Å². The van der Waals surface area contributed by atoms with Gasteiger partial charge in [0, 0.05) is 6.42 Å². The van der Waals surface area contributed by atoms with Gasteiger partial charge in [-0.3, -0.25) is 4.79 Å². The largest absolute Gasteiger partial charge is 0.477 e. The molecule has 0 aromatic carbocycles. The van der Waals surface area contributed by atoms with E-state index in [4.69, 9.17) is 14.2 Å². The number of rotatable bonds is 27. The summed E-state index contributed by atoms with van der Waals surface area (Å²) in [6.45, 7) is 2.52. The quantitative estimate of drug-likeness (QED) is 0.0400. The molecule has 232 valence electrons. The minimum atomic E-state index is -1.47. The summed E-state index contributed by atoms with van der Waals surface area (Å²) < 4.78 is 16.1. The Morgan fingerprint density at radius 1 is 0.750 bits per heavy atom. The van der Waals surface area contributed by atoms with Crippen LogP contribution in [0.1, 0.15) is 96.8 Å². The Morgan fingerprint density at radius 3 is 1.88 bits per heavy atom. The van der Waals surface area contributed by atoms with Crippen LogP contribution in [-0.4, -0.2) is 86.5 Å². The highest BCUT2D eigenvalue weighted by Gasteiger charge is 2.22. The third kappa shape index (κ3) is 27.6. The van der Waals surface area contributed by atoms with Gasteiger partial charge in [0.1, 0.15) is 19.3 Å². The van der Waals surface area contributed by atoms with Crippen LogP contribution < -0.4 is 0 Å². The van der Waals surface area contributed by atoms with Gasteiger partial charge in [-0.15, -0.1) is 0 Å². The van der Waals surface area contributed by atoms with Crippen molar-refractivity contribution in [3.63, 3.8) is 0 Å². The average Bonchev–Trinajstić information content (AvgIpc) is 2.89. The summed E-state index contributed by atoms with van der Waals surface area (Å²) in [5, 5.41) is 19.1. The summed E-state index contributed by atoms with van der Waals surface area (Å²) >= 11 is 0. The maximum Gasteiger partial charge on any atom is 0.361 e.